The van der Waals surface area contributed by atoms with Gasteiger partial charge in [0.2, 0.25) is 0 Å². The molecule has 0 unspecified atom stereocenters. The molecule has 0 heterocycles. The quantitative estimate of drug-likeness (QED) is 0.591. The van der Waals surface area contributed by atoms with Gasteiger partial charge in [-0.15, -0.1) is 0 Å². The van der Waals surface area contributed by atoms with Crippen LogP contribution >= 0.6 is 0 Å². The van der Waals surface area contributed by atoms with Gasteiger partial charge < -0.3 is 0 Å². The van der Waals surface area contributed by atoms with Crippen molar-refractivity contribution >= 4 is 0 Å². The Kier molecular flexibility index (Phi) is 3.98. The molecule has 0 N–H and O–H groups in total. The fourth-order valence-electron chi connectivity index (χ4n) is 2.34. The van der Waals surface area contributed by atoms with Crippen LogP contribution < -0.4 is 0 Å². The van der Waals surface area contributed by atoms with Crippen molar-refractivity contribution in [1.29, 1.82) is 0 Å². The van der Waals surface area contributed by atoms with Crippen LogP contribution in [0.3, 0.4) is 0 Å². The Balaban J connectivity index is 1.93. The lowest BCUT2D eigenvalue weighted by Gasteiger charge is -2.12. The third kappa shape index (κ3) is 3.20. The van der Waals surface area contributed by atoms with Gasteiger partial charge in [-0.05, 0) is 31.3 Å². The van der Waals surface area contributed by atoms with E-state index in [1.165, 1.54) is 17.6 Å². The van der Waals surface area contributed by atoms with Gasteiger partial charge in [-0.2, -0.15) is 0 Å². The van der Waals surface area contributed by atoms with Gasteiger partial charge in [-0.3, -0.25) is 0 Å². The van der Waals surface area contributed by atoms with Crippen molar-refractivity contribution < 1.29 is 0 Å². The lowest BCUT2D eigenvalue weighted by atomic mass is 9.93. The largest absolute Gasteiger partial charge is 0.0958 e. The minimum Gasteiger partial charge on any atom is -0.0958 e. The Morgan fingerprint density at radius 2 is 1.65 bits per heavy atom. The summed E-state index contributed by atoms with van der Waals surface area (Å²) in [4.78, 5) is 0. The Bertz CT molecular complexity index is 403. The van der Waals surface area contributed by atoms with E-state index in [1.807, 2.05) is 0 Å². The summed E-state index contributed by atoms with van der Waals surface area (Å²) in [6.45, 7) is 6.18. The van der Waals surface area contributed by atoms with Crippen molar-refractivity contribution in [2.75, 3.05) is 0 Å². The summed E-state index contributed by atoms with van der Waals surface area (Å²) < 4.78 is 0. The summed E-state index contributed by atoms with van der Waals surface area (Å²) in [6.07, 6.45) is 22.2. The van der Waals surface area contributed by atoms with Crippen molar-refractivity contribution in [1.82, 2.24) is 0 Å². The average Bonchev–Trinajstić information content (AvgIpc) is 2.96. The van der Waals surface area contributed by atoms with Crippen molar-refractivity contribution in [3.8, 4) is 0 Å². The molecular formula is C17H20. The van der Waals surface area contributed by atoms with E-state index < -0.39 is 0 Å². The number of hydrogen-bond donors (Lipinski definition) is 0. The van der Waals surface area contributed by atoms with Crippen molar-refractivity contribution in [3.05, 3.63) is 72.4 Å². The lowest BCUT2D eigenvalue weighted by Crippen LogP contribution is -1.97. The number of rotatable bonds is 5. The molecule has 2 aliphatic rings. The van der Waals surface area contributed by atoms with Gasteiger partial charge in [-0.1, -0.05) is 66.8 Å². The third-order valence-electron chi connectivity index (χ3n) is 3.29. The van der Waals surface area contributed by atoms with Crippen LogP contribution in [0, 0.1) is 11.8 Å². The number of allylic oxidation sites excluding steroid dienone is 11. The molecule has 0 aromatic heterocycles. The Morgan fingerprint density at radius 3 is 2.24 bits per heavy atom. The minimum atomic E-state index is 0.446. The molecule has 0 atom stereocenters. The molecule has 0 fully saturated rings. The van der Waals surface area contributed by atoms with Crippen LogP contribution in [0.1, 0.15) is 19.8 Å². The summed E-state index contributed by atoms with van der Waals surface area (Å²) >= 11 is 0. The highest BCUT2D eigenvalue weighted by atomic mass is 14.2. The maximum Gasteiger partial charge on any atom is 0.0204 e. The highest BCUT2D eigenvalue weighted by Gasteiger charge is 2.11. The zero-order valence-corrected chi connectivity index (χ0v) is 10.5. The van der Waals surface area contributed by atoms with Gasteiger partial charge >= 0.3 is 0 Å². The van der Waals surface area contributed by atoms with Gasteiger partial charge in [0, 0.05) is 5.92 Å². The van der Waals surface area contributed by atoms with Crippen LogP contribution in [0.25, 0.3) is 0 Å². The molecule has 0 heteroatoms. The first kappa shape index (κ1) is 11.9. The van der Waals surface area contributed by atoms with E-state index in [1.54, 1.807) is 0 Å². The van der Waals surface area contributed by atoms with Crippen molar-refractivity contribution in [2.45, 2.75) is 19.8 Å². The van der Waals surface area contributed by atoms with Crippen molar-refractivity contribution in [2.24, 2.45) is 11.8 Å². The van der Waals surface area contributed by atoms with E-state index in [0.29, 0.717) is 11.8 Å². The molecule has 2 aliphatic carbocycles. The molecule has 0 aromatic rings. The maximum atomic E-state index is 4.09. The van der Waals surface area contributed by atoms with Crippen LogP contribution in [-0.4, -0.2) is 0 Å². The van der Waals surface area contributed by atoms with Gasteiger partial charge in [-0.25, -0.2) is 0 Å². The van der Waals surface area contributed by atoms with Crippen LogP contribution in [-0.2, 0) is 0 Å². The summed E-state index contributed by atoms with van der Waals surface area (Å²) in [6, 6.07) is 0. The normalized spacial score (nSPS) is 19.7. The molecule has 0 saturated heterocycles. The predicted octanol–water partition coefficient (Wildman–Crippen LogP) is 4.75. The van der Waals surface area contributed by atoms with Gasteiger partial charge in [0.15, 0.2) is 0 Å². The second-order valence-electron chi connectivity index (χ2n) is 4.75. The van der Waals surface area contributed by atoms with Crippen LogP contribution in [0.4, 0.5) is 0 Å². The molecule has 0 amide bonds. The molecule has 2 rings (SSSR count). The highest BCUT2D eigenvalue weighted by Crippen LogP contribution is 2.26. The second-order valence-corrected chi connectivity index (χ2v) is 4.75. The molecule has 0 spiro atoms. The zero-order chi connectivity index (χ0) is 12.1. The molecule has 0 saturated carbocycles. The fraction of sp³-hybridized carbons (Fsp3) is 0.294. The van der Waals surface area contributed by atoms with Gasteiger partial charge in [0.05, 0.1) is 0 Å². The van der Waals surface area contributed by atoms with Gasteiger partial charge in [0.1, 0.15) is 0 Å². The Hall–Kier alpha value is -1.56. The van der Waals surface area contributed by atoms with E-state index in [2.05, 4.69) is 68.2 Å². The maximum absolute atomic E-state index is 4.09. The molecule has 88 valence electrons. The first-order valence-corrected chi connectivity index (χ1v) is 6.33. The summed E-state index contributed by atoms with van der Waals surface area (Å²) in [5.74, 6) is 1.08. The molecular weight excluding hydrogens is 204 g/mol. The standard InChI is InChI=1S/C17H20/c1-14(2)17(16-11-5-6-12-16)13-7-10-15-8-3-4-9-15/h3-6,8-9,11-13,15-16H,1,7,10H2,2H3/b17-13+. The predicted molar refractivity (Wildman–Crippen MR) is 75.7 cm³/mol. The van der Waals surface area contributed by atoms with E-state index in [-0.39, 0.29) is 0 Å². The van der Waals surface area contributed by atoms with Gasteiger partial charge in [0.25, 0.3) is 0 Å². The van der Waals surface area contributed by atoms with Crippen molar-refractivity contribution in [3.63, 3.8) is 0 Å². The summed E-state index contributed by atoms with van der Waals surface area (Å²) in [5, 5.41) is 0. The molecule has 0 bridgehead atoms. The van der Waals surface area contributed by atoms with E-state index in [0.717, 1.165) is 6.42 Å². The van der Waals surface area contributed by atoms with E-state index in [4.69, 9.17) is 0 Å². The first-order valence-electron chi connectivity index (χ1n) is 6.33. The second kappa shape index (κ2) is 5.67. The van der Waals surface area contributed by atoms with Crippen LogP contribution in [0.2, 0.25) is 0 Å². The lowest BCUT2D eigenvalue weighted by molar-refractivity contribution is 0.724. The smallest absolute Gasteiger partial charge is 0.0204 e. The topological polar surface area (TPSA) is 0 Å². The monoisotopic (exact) mass is 224 g/mol. The zero-order valence-electron chi connectivity index (χ0n) is 10.5. The average molecular weight is 224 g/mol. The number of hydrogen-bond acceptors (Lipinski definition) is 0. The minimum absolute atomic E-state index is 0.446. The van der Waals surface area contributed by atoms with Crippen LogP contribution in [0.15, 0.2) is 72.4 Å². The SMILES string of the molecule is C=C(C)/C(=C\CCC1C=CC=C1)C1C=CC=C1. The van der Waals surface area contributed by atoms with E-state index in [9.17, 15) is 0 Å². The van der Waals surface area contributed by atoms with Crippen LogP contribution in [0.5, 0.6) is 0 Å². The molecule has 0 aliphatic heterocycles. The highest BCUT2D eigenvalue weighted by molar-refractivity contribution is 5.39. The third-order valence-corrected chi connectivity index (χ3v) is 3.29. The fourth-order valence-corrected chi connectivity index (χ4v) is 2.34. The Morgan fingerprint density at radius 1 is 1.06 bits per heavy atom. The van der Waals surface area contributed by atoms with E-state index >= 15 is 0 Å². The first-order chi connectivity index (χ1) is 8.27. The molecule has 17 heavy (non-hydrogen) atoms. The Labute approximate surface area is 104 Å². The summed E-state index contributed by atoms with van der Waals surface area (Å²) in [7, 11) is 0. The molecule has 0 nitrogen and oxygen atoms in total. The molecule has 0 radical (unpaired) electrons. The molecule has 0 aromatic carbocycles. The summed E-state index contributed by atoms with van der Waals surface area (Å²) in [5.41, 5.74) is 2.56.